The Labute approximate surface area is 136 Å². The Morgan fingerprint density at radius 1 is 1.57 bits per heavy atom. The number of pyridine rings is 1. The maximum Gasteiger partial charge on any atom is 0.313 e. The van der Waals surface area contributed by atoms with Crippen molar-refractivity contribution in [2.45, 2.75) is 6.92 Å². The second kappa shape index (κ2) is 7.41. The molecule has 2 N–H and O–H groups in total. The van der Waals surface area contributed by atoms with Crippen molar-refractivity contribution in [3.8, 4) is 11.5 Å². The number of phenols is 1. The second-order valence-electron chi connectivity index (χ2n) is 4.28. The summed E-state index contributed by atoms with van der Waals surface area (Å²) in [6.07, 6.45) is 2.79. The van der Waals surface area contributed by atoms with Crippen LogP contribution in [0.1, 0.15) is 12.5 Å². The van der Waals surface area contributed by atoms with Gasteiger partial charge >= 0.3 is 5.69 Å². The predicted molar refractivity (Wildman–Crippen MR) is 86.4 cm³/mol. The molecule has 0 aliphatic rings. The third kappa shape index (κ3) is 4.07. The summed E-state index contributed by atoms with van der Waals surface area (Å²) in [5.41, 5.74) is 2.85. The molecule has 1 aromatic heterocycles. The Bertz CT molecular complexity index is 752. The average Bonchev–Trinajstić information content (AvgIpc) is 2.52. The number of hydrogen-bond donors (Lipinski definition) is 2. The maximum atomic E-state index is 10.9. The zero-order chi connectivity index (χ0) is 16.8. The Hall–Kier alpha value is -2.87. The van der Waals surface area contributed by atoms with Crippen molar-refractivity contribution in [3.63, 3.8) is 0 Å². The number of aromatic nitrogens is 1. The summed E-state index contributed by atoms with van der Waals surface area (Å²) in [4.78, 5) is 14.2. The molecule has 0 saturated heterocycles. The van der Waals surface area contributed by atoms with Gasteiger partial charge < -0.3 is 9.84 Å². The molecule has 0 saturated carbocycles. The van der Waals surface area contributed by atoms with Crippen molar-refractivity contribution < 1.29 is 14.8 Å². The van der Waals surface area contributed by atoms with E-state index in [1.807, 2.05) is 0 Å². The number of hydrogen-bond acceptors (Lipinski definition) is 7. The Kier molecular flexibility index (Phi) is 5.32. The Morgan fingerprint density at radius 2 is 2.35 bits per heavy atom. The number of nitro groups is 1. The van der Waals surface area contributed by atoms with E-state index in [1.54, 1.807) is 13.0 Å². The summed E-state index contributed by atoms with van der Waals surface area (Å²) in [5.74, 6) is 0.0907. The standard InChI is InChI=1S/C14H13ClN4O4/c1-2-23-12-7-9(6-10(15)13(12)20)8-17-18-14-11(19(21)22)4-3-5-16-14/h3-8,20H,2H2,1H3,(H,16,18)/b17-8-. The third-order valence-corrected chi connectivity index (χ3v) is 3.01. The number of nitrogens with one attached hydrogen (secondary N) is 1. The fourth-order valence-electron chi connectivity index (χ4n) is 1.73. The lowest BCUT2D eigenvalue weighted by atomic mass is 10.2. The van der Waals surface area contributed by atoms with Gasteiger partial charge in [-0.1, -0.05) is 11.6 Å². The van der Waals surface area contributed by atoms with Crippen LogP contribution in [0.15, 0.2) is 35.6 Å². The normalized spacial score (nSPS) is 10.7. The highest BCUT2D eigenvalue weighted by molar-refractivity contribution is 6.32. The molecular formula is C14H13ClN4O4. The van der Waals surface area contributed by atoms with E-state index < -0.39 is 4.92 Å². The summed E-state index contributed by atoms with van der Waals surface area (Å²) in [7, 11) is 0. The van der Waals surface area contributed by atoms with Crippen molar-refractivity contribution >= 4 is 29.3 Å². The van der Waals surface area contributed by atoms with Crippen LogP contribution in [0, 0.1) is 10.1 Å². The number of rotatable bonds is 6. The maximum absolute atomic E-state index is 10.9. The lowest BCUT2D eigenvalue weighted by Crippen LogP contribution is -1.99. The quantitative estimate of drug-likeness (QED) is 0.476. The third-order valence-electron chi connectivity index (χ3n) is 2.72. The molecule has 0 atom stereocenters. The van der Waals surface area contributed by atoms with E-state index in [9.17, 15) is 15.2 Å². The molecule has 1 aromatic carbocycles. The molecule has 8 nitrogen and oxygen atoms in total. The molecule has 0 radical (unpaired) electrons. The average molecular weight is 337 g/mol. The zero-order valence-electron chi connectivity index (χ0n) is 12.1. The van der Waals surface area contributed by atoms with Gasteiger partial charge in [0.2, 0.25) is 5.82 Å². The number of hydrazone groups is 1. The summed E-state index contributed by atoms with van der Waals surface area (Å²) in [5, 5.41) is 24.6. The van der Waals surface area contributed by atoms with Gasteiger partial charge in [0.1, 0.15) is 0 Å². The number of phenolic OH excluding ortho intramolecular Hbond substituents is 1. The highest BCUT2D eigenvalue weighted by atomic mass is 35.5. The van der Waals surface area contributed by atoms with Gasteiger partial charge in [-0.3, -0.25) is 15.5 Å². The first-order chi connectivity index (χ1) is 11.0. The van der Waals surface area contributed by atoms with Crippen LogP contribution >= 0.6 is 11.6 Å². The van der Waals surface area contributed by atoms with Crippen LogP contribution in [-0.2, 0) is 0 Å². The molecule has 2 rings (SSSR count). The van der Waals surface area contributed by atoms with Crippen LogP contribution in [0.2, 0.25) is 5.02 Å². The molecule has 0 fully saturated rings. The van der Waals surface area contributed by atoms with Crippen molar-refractivity contribution in [1.82, 2.24) is 4.98 Å². The molecule has 9 heteroatoms. The van der Waals surface area contributed by atoms with Crippen LogP contribution in [0.25, 0.3) is 0 Å². The number of benzene rings is 1. The highest BCUT2D eigenvalue weighted by Gasteiger charge is 2.13. The molecule has 0 unspecified atom stereocenters. The SMILES string of the molecule is CCOc1cc(/C=N\Nc2ncccc2[N+](=O)[O-])cc(Cl)c1O. The van der Waals surface area contributed by atoms with Crippen molar-refractivity contribution in [1.29, 1.82) is 0 Å². The van der Waals surface area contributed by atoms with Gasteiger partial charge in [-0.05, 0) is 30.7 Å². The number of anilines is 1. The van der Waals surface area contributed by atoms with E-state index in [0.29, 0.717) is 12.2 Å². The van der Waals surface area contributed by atoms with Crippen LogP contribution in [-0.4, -0.2) is 27.8 Å². The monoisotopic (exact) mass is 336 g/mol. The Morgan fingerprint density at radius 3 is 3.04 bits per heavy atom. The van der Waals surface area contributed by atoms with Crippen molar-refractivity contribution in [2.24, 2.45) is 5.10 Å². The van der Waals surface area contributed by atoms with Gasteiger partial charge in [0, 0.05) is 12.3 Å². The largest absolute Gasteiger partial charge is 0.503 e. The predicted octanol–water partition coefficient (Wildman–Crippen LogP) is 3.19. The molecule has 0 aliphatic carbocycles. The van der Waals surface area contributed by atoms with Crippen molar-refractivity contribution in [2.75, 3.05) is 12.0 Å². The summed E-state index contributed by atoms with van der Waals surface area (Å²) in [6.45, 7) is 2.14. The molecule has 0 bridgehead atoms. The molecule has 2 aromatic rings. The molecule has 0 amide bonds. The van der Waals surface area contributed by atoms with Gasteiger partial charge in [-0.2, -0.15) is 5.10 Å². The zero-order valence-corrected chi connectivity index (χ0v) is 12.8. The van der Waals surface area contributed by atoms with Crippen LogP contribution < -0.4 is 10.2 Å². The number of halogens is 1. The summed E-state index contributed by atoms with van der Waals surface area (Å²) < 4.78 is 5.26. The molecule has 0 spiro atoms. The van der Waals surface area contributed by atoms with E-state index in [4.69, 9.17) is 16.3 Å². The highest BCUT2D eigenvalue weighted by Crippen LogP contribution is 2.34. The van der Waals surface area contributed by atoms with Crippen molar-refractivity contribution in [3.05, 3.63) is 51.2 Å². The first kappa shape index (κ1) is 16.5. The Balaban J connectivity index is 2.20. The molecular weight excluding hydrogens is 324 g/mol. The molecule has 120 valence electrons. The van der Waals surface area contributed by atoms with Gasteiger partial charge in [0.25, 0.3) is 0 Å². The minimum absolute atomic E-state index is 0.0173. The fraction of sp³-hybridized carbons (Fsp3) is 0.143. The van der Waals surface area contributed by atoms with E-state index in [1.165, 1.54) is 30.6 Å². The van der Waals surface area contributed by atoms with E-state index in [-0.39, 0.29) is 28.0 Å². The molecule has 23 heavy (non-hydrogen) atoms. The minimum atomic E-state index is -0.560. The lowest BCUT2D eigenvalue weighted by Gasteiger charge is -2.08. The first-order valence-electron chi connectivity index (χ1n) is 6.56. The lowest BCUT2D eigenvalue weighted by molar-refractivity contribution is -0.384. The van der Waals surface area contributed by atoms with E-state index in [0.717, 1.165) is 0 Å². The van der Waals surface area contributed by atoms with E-state index >= 15 is 0 Å². The second-order valence-corrected chi connectivity index (χ2v) is 4.69. The van der Waals surface area contributed by atoms with Gasteiger partial charge in [0.05, 0.1) is 22.8 Å². The number of ether oxygens (including phenoxy) is 1. The number of aromatic hydroxyl groups is 1. The van der Waals surface area contributed by atoms with Crippen LogP contribution in [0.4, 0.5) is 11.5 Å². The molecule has 0 aliphatic heterocycles. The topological polar surface area (TPSA) is 110 Å². The minimum Gasteiger partial charge on any atom is -0.503 e. The fourth-order valence-corrected chi connectivity index (χ4v) is 1.95. The number of nitrogens with zero attached hydrogens (tertiary/aromatic N) is 3. The van der Waals surface area contributed by atoms with Gasteiger partial charge in [0.15, 0.2) is 11.5 Å². The summed E-state index contributed by atoms with van der Waals surface area (Å²) in [6, 6.07) is 5.80. The van der Waals surface area contributed by atoms with Crippen LogP contribution in [0.3, 0.4) is 0 Å². The van der Waals surface area contributed by atoms with Gasteiger partial charge in [-0.15, -0.1) is 0 Å². The van der Waals surface area contributed by atoms with Crippen LogP contribution in [0.5, 0.6) is 11.5 Å². The smallest absolute Gasteiger partial charge is 0.313 e. The first-order valence-corrected chi connectivity index (χ1v) is 6.94. The van der Waals surface area contributed by atoms with Gasteiger partial charge in [-0.25, -0.2) is 4.98 Å². The summed E-state index contributed by atoms with van der Waals surface area (Å²) >= 11 is 5.90. The van der Waals surface area contributed by atoms with E-state index in [2.05, 4.69) is 15.5 Å². The molecule has 1 heterocycles.